The van der Waals surface area contributed by atoms with Gasteiger partial charge in [0, 0.05) is 13.3 Å². The van der Waals surface area contributed by atoms with Gasteiger partial charge in [0.2, 0.25) is 0 Å². The molecule has 0 unspecified atom stereocenters. The molecule has 2 nitrogen and oxygen atoms in total. The molecule has 0 saturated heterocycles. The number of carbonyl (C=O) groups excluding carboxylic acids is 1. The molecular formula is C15H26O2. The second kappa shape index (κ2) is 11.4. The SMILES string of the molecule is CCCCCC=CCC=CC[C@@H](C)OC(C)=O. The van der Waals surface area contributed by atoms with Gasteiger partial charge in [-0.1, -0.05) is 44.1 Å². The third kappa shape index (κ3) is 12.9. The molecule has 0 aliphatic heterocycles. The molecule has 0 fully saturated rings. The molecule has 0 saturated carbocycles. The van der Waals surface area contributed by atoms with Crippen LogP contribution in [0.3, 0.4) is 0 Å². The smallest absolute Gasteiger partial charge is 0.302 e. The van der Waals surface area contributed by atoms with E-state index in [9.17, 15) is 4.79 Å². The van der Waals surface area contributed by atoms with E-state index in [1.165, 1.54) is 32.6 Å². The predicted octanol–water partition coefficient (Wildman–Crippen LogP) is 4.41. The Morgan fingerprint density at radius 2 is 1.88 bits per heavy atom. The zero-order valence-corrected chi connectivity index (χ0v) is 11.4. The van der Waals surface area contributed by atoms with E-state index in [2.05, 4.69) is 31.2 Å². The van der Waals surface area contributed by atoms with Crippen LogP contribution in [0.1, 0.15) is 59.3 Å². The van der Waals surface area contributed by atoms with Crippen LogP contribution in [0.4, 0.5) is 0 Å². The van der Waals surface area contributed by atoms with Gasteiger partial charge in [-0.3, -0.25) is 4.79 Å². The number of hydrogen-bond donors (Lipinski definition) is 0. The molecule has 0 amide bonds. The Bertz CT molecular complexity index is 241. The summed E-state index contributed by atoms with van der Waals surface area (Å²) in [5.74, 6) is -0.207. The maximum atomic E-state index is 10.7. The second-order valence-electron chi connectivity index (χ2n) is 4.33. The monoisotopic (exact) mass is 238 g/mol. The van der Waals surface area contributed by atoms with Crippen LogP contribution in [0.5, 0.6) is 0 Å². The molecule has 0 radical (unpaired) electrons. The molecule has 98 valence electrons. The van der Waals surface area contributed by atoms with Crippen LogP contribution in [0.25, 0.3) is 0 Å². The highest BCUT2D eigenvalue weighted by Gasteiger charge is 2.01. The Hall–Kier alpha value is -1.05. The van der Waals surface area contributed by atoms with Crippen LogP contribution in [-0.4, -0.2) is 12.1 Å². The molecule has 0 aliphatic carbocycles. The average molecular weight is 238 g/mol. The highest BCUT2D eigenvalue weighted by Crippen LogP contribution is 2.02. The number of unbranched alkanes of at least 4 members (excludes halogenated alkanes) is 3. The number of rotatable bonds is 9. The lowest BCUT2D eigenvalue weighted by atomic mass is 10.2. The largest absolute Gasteiger partial charge is 0.463 e. The van der Waals surface area contributed by atoms with Crippen LogP contribution in [0.15, 0.2) is 24.3 Å². The van der Waals surface area contributed by atoms with Crippen LogP contribution in [0, 0.1) is 0 Å². The van der Waals surface area contributed by atoms with Crippen molar-refractivity contribution in [3.05, 3.63) is 24.3 Å². The minimum atomic E-state index is -0.207. The highest BCUT2D eigenvalue weighted by molar-refractivity contribution is 5.66. The Balaban J connectivity index is 3.44. The van der Waals surface area contributed by atoms with E-state index in [1.54, 1.807) is 0 Å². The Morgan fingerprint density at radius 3 is 2.53 bits per heavy atom. The van der Waals surface area contributed by atoms with E-state index >= 15 is 0 Å². The fraction of sp³-hybridized carbons (Fsp3) is 0.667. The summed E-state index contributed by atoms with van der Waals surface area (Å²) < 4.78 is 5.01. The van der Waals surface area contributed by atoms with Gasteiger partial charge in [0.05, 0.1) is 0 Å². The number of ether oxygens (including phenoxy) is 1. The minimum Gasteiger partial charge on any atom is -0.463 e. The molecule has 0 spiro atoms. The van der Waals surface area contributed by atoms with Gasteiger partial charge in [0.1, 0.15) is 6.10 Å². The fourth-order valence-electron chi connectivity index (χ4n) is 1.52. The van der Waals surface area contributed by atoms with Gasteiger partial charge in [-0.2, -0.15) is 0 Å². The molecule has 0 aromatic carbocycles. The van der Waals surface area contributed by atoms with Crippen molar-refractivity contribution in [2.24, 2.45) is 0 Å². The number of hydrogen-bond acceptors (Lipinski definition) is 2. The van der Waals surface area contributed by atoms with Crippen molar-refractivity contribution in [1.29, 1.82) is 0 Å². The summed E-state index contributed by atoms with van der Waals surface area (Å²) in [5.41, 5.74) is 0. The molecule has 1 atom stereocenters. The van der Waals surface area contributed by atoms with E-state index in [-0.39, 0.29) is 12.1 Å². The Labute approximate surface area is 106 Å². The number of carbonyl (C=O) groups is 1. The first-order valence-corrected chi connectivity index (χ1v) is 6.64. The molecule has 17 heavy (non-hydrogen) atoms. The number of allylic oxidation sites excluding steroid dienone is 3. The molecule has 0 aromatic rings. The van der Waals surface area contributed by atoms with E-state index in [1.807, 2.05) is 6.92 Å². The first-order chi connectivity index (χ1) is 8.16. The molecule has 2 heteroatoms. The summed E-state index contributed by atoms with van der Waals surface area (Å²) in [7, 11) is 0. The summed E-state index contributed by atoms with van der Waals surface area (Å²) in [6.07, 6.45) is 15.5. The maximum absolute atomic E-state index is 10.7. The van der Waals surface area contributed by atoms with Gasteiger partial charge in [0.25, 0.3) is 0 Å². The van der Waals surface area contributed by atoms with Gasteiger partial charge in [0.15, 0.2) is 0 Å². The molecule has 0 aromatic heterocycles. The lowest BCUT2D eigenvalue weighted by molar-refractivity contribution is -0.145. The van der Waals surface area contributed by atoms with Crippen molar-refractivity contribution in [3.63, 3.8) is 0 Å². The quantitative estimate of drug-likeness (QED) is 0.338. The van der Waals surface area contributed by atoms with Crippen LogP contribution in [-0.2, 0) is 9.53 Å². The fourth-order valence-corrected chi connectivity index (χ4v) is 1.52. The highest BCUT2D eigenvalue weighted by atomic mass is 16.5. The van der Waals surface area contributed by atoms with E-state index < -0.39 is 0 Å². The topological polar surface area (TPSA) is 26.3 Å². The van der Waals surface area contributed by atoms with Crippen molar-refractivity contribution in [2.45, 2.75) is 65.4 Å². The first-order valence-electron chi connectivity index (χ1n) is 6.64. The van der Waals surface area contributed by atoms with E-state index in [0.29, 0.717) is 0 Å². The normalized spacial score (nSPS) is 13.4. The zero-order valence-electron chi connectivity index (χ0n) is 11.4. The van der Waals surface area contributed by atoms with Crippen molar-refractivity contribution < 1.29 is 9.53 Å². The van der Waals surface area contributed by atoms with Crippen molar-refractivity contribution >= 4 is 5.97 Å². The summed E-state index contributed by atoms with van der Waals surface area (Å²) in [4.78, 5) is 10.7. The maximum Gasteiger partial charge on any atom is 0.302 e. The molecule has 0 heterocycles. The van der Waals surface area contributed by atoms with Gasteiger partial charge >= 0.3 is 5.97 Å². The standard InChI is InChI=1S/C15H26O2/c1-4-5-6-7-8-9-10-11-12-13-14(2)17-15(3)16/h8-9,11-12,14H,4-7,10,13H2,1-3H3/t14-/m1/s1. The number of esters is 1. The van der Waals surface area contributed by atoms with Gasteiger partial charge in [-0.05, 0) is 26.2 Å². The van der Waals surface area contributed by atoms with Gasteiger partial charge in [-0.15, -0.1) is 0 Å². The molecule has 0 N–H and O–H groups in total. The summed E-state index contributed by atoms with van der Waals surface area (Å²) in [6, 6.07) is 0. The lowest BCUT2D eigenvalue weighted by Crippen LogP contribution is -2.10. The average Bonchev–Trinajstić information content (AvgIpc) is 2.26. The van der Waals surface area contributed by atoms with Crippen molar-refractivity contribution in [2.75, 3.05) is 0 Å². The molecule has 0 bridgehead atoms. The summed E-state index contributed by atoms with van der Waals surface area (Å²) >= 11 is 0. The van der Waals surface area contributed by atoms with Crippen molar-refractivity contribution in [3.8, 4) is 0 Å². The van der Waals surface area contributed by atoms with Crippen LogP contribution in [0.2, 0.25) is 0 Å². The zero-order chi connectivity index (χ0) is 12.9. The molecule has 0 aliphatic rings. The van der Waals surface area contributed by atoms with E-state index in [4.69, 9.17) is 4.74 Å². The third-order valence-corrected chi connectivity index (χ3v) is 2.42. The minimum absolute atomic E-state index is 0.0164. The predicted molar refractivity (Wildman–Crippen MR) is 72.9 cm³/mol. The van der Waals surface area contributed by atoms with Crippen LogP contribution < -0.4 is 0 Å². The summed E-state index contributed by atoms with van der Waals surface area (Å²) in [5, 5.41) is 0. The molecular weight excluding hydrogens is 212 g/mol. The van der Waals surface area contributed by atoms with Gasteiger partial charge < -0.3 is 4.74 Å². The van der Waals surface area contributed by atoms with Crippen molar-refractivity contribution in [1.82, 2.24) is 0 Å². The summed E-state index contributed by atoms with van der Waals surface area (Å²) in [6.45, 7) is 5.57. The Morgan fingerprint density at radius 1 is 1.18 bits per heavy atom. The van der Waals surface area contributed by atoms with E-state index in [0.717, 1.165) is 12.8 Å². The third-order valence-electron chi connectivity index (χ3n) is 2.42. The Kier molecular flexibility index (Phi) is 10.7. The second-order valence-corrected chi connectivity index (χ2v) is 4.33. The molecule has 0 rings (SSSR count). The van der Waals surface area contributed by atoms with Crippen LogP contribution >= 0.6 is 0 Å². The lowest BCUT2D eigenvalue weighted by Gasteiger charge is -2.07. The van der Waals surface area contributed by atoms with Gasteiger partial charge in [-0.25, -0.2) is 0 Å². The first kappa shape index (κ1) is 16.0.